The van der Waals surface area contributed by atoms with Gasteiger partial charge in [0, 0.05) is 25.7 Å². The van der Waals surface area contributed by atoms with Gasteiger partial charge in [0.05, 0.1) is 18.2 Å². The molecule has 21 heavy (non-hydrogen) atoms. The SMILES string of the molecule is CC(C)OCCN1CCC(NC(=O)C(C)(C)N)CC1.Cl.Cl. The summed E-state index contributed by atoms with van der Waals surface area (Å²) in [6.45, 7) is 11.4. The molecule has 5 nitrogen and oxygen atoms in total. The van der Waals surface area contributed by atoms with Crippen LogP contribution in [0.25, 0.3) is 0 Å². The molecule has 0 bridgehead atoms. The van der Waals surface area contributed by atoms with Crippen molar-refractivity contribution < 1.29 is 9.53 Å². The van der Waals surface area contributed by atoms with Crippen LogP contribution in [0.3, 0.4) is 0 Å². The molecule has 1 aliphatic rings. The maximum absolute atomic E-state index is 11.8. The Balaban J connectivity index is 0. The summed E-state index contributed by atoms with van der Waals surface area (Å²) in [5.41, 5.74) is 4.99. The molecule has 1 aliphatic heterocycles. The first-order valence-electron chi connectivity index (χ1n) is 7.23. The number of carbonyl (C=O) groups is 1. The van der Waals surface area contributed by atoms with E-state index in [9.17, 15) is 4.79 Å². The minimum absolute atomic E-state index is 0. The molecule has 0 saturated carbocycles. The Hall–Kier alpha value is -0.0700. The molecule has 0 atom stereocenters. The first kappa shape index (κ1) is 23.2. The first-order valence-corrected chi connectivity index (χ1v) is 7.23. The van der Waals surface area contributed by atoms with E-state index in [0.29, 0.717) is 6.10 Å². The van der Waals surface area contributed by atoms with E-state index in [1.807, 2.05) is 0 Å². The second kappa shape index (κ2) is 10.6. The second-order valence-electron chi connectivity index (χ2n) is 6.23. The Morgan fingerprint density at radius 2 is 1.86 bits per heavy atom. The zero-order valence-corrected chi connectivity index (χ0v) is 15.2. The van der Waals surface area contributed by atoms with E-state index in [1.165, 1.54) is 0 Å². The standard InChI is InChI=1S/C14H29N3O2.2ClH/c1-11(2)19-10-9-17-7-5-12(6-8-17)16-13(18)14(3,4)15;;/h11-12H,5-10,15H2,1-4H3,(H,16,18);2*1H. The number of hydrogen-bond donors (Lipinski definition) is 2. The van der Waals surface area contributed by atoms with Crippen LogP contribution >= 0.6 is 24.8 Å². The molecule has 0 aliphatic carbocycles. The van der Waals surface area contributed by atoms with E-state index in [2.05, 4.69) is 24.1 Å². The fraction of sp³-hybridized carbons (Fsp3) is 0.929. The van der Waals surface area contributed by atoms with Crippen molar-refractivity contribution >= 4 is 30.7 Å². The fourth-order valence-electron chi connectivity index (χ4n) is 2.09. The van der Waals surface area contributed by atoms with Gasteiger partial charge in [-0.25, -0.2) is 0 Å². The van der Waals surface area contributed by atoms with Crippen molar-refractivity contribution in [3.05, 3.63) is 0 Å². The largest absolute Gasteiger partial charge is 0.377 e. The summed E-state index contributed by atoms with van der Waals surface area (Å²) in [5.74, 6) is -0.0610. The van der Waals surface area contributed by atoms with Crippen LogP contribution < -0.4 is 11.1 Å². The number of ether oxygens (including phenoxy) is 1. The summed E-state index contributed by atoms with van der Waals surface area (Å²) in [4.78, 5) is 14.2. The molecule has 1 saturated heterocycles. The average Bonchev–Trinajstić information content (AvgIpc) is 2.29. The minimum atomic E-state index is -0.789. The van der Waals surface area contributed by atoms with E-state index in [-0.39, 0.29) is 36.8 Å². The maximum atomic E-state index is 11.8. The number of nitrogens with zero attached hydrogens (tertiary/aromatic N) is 1. The number of halogens is 2. The number of nitrogens with one attached hydrogen (secondary N) is 1. The highest BCUT2D eigenvalue weighted by Crippen LogP contribution is 2.11. The highest BCUT2D eigenvalue weighted by molar-refractivity contribution is 5.86. The summed E-state index contributed by atoms with van der Waals surface area (Å²) >= 11 is 0. The molecule has 1 rings (SSSR count). The van der Waals surface area contributed by atoms with Crippen molar-refractivity contribution in [3.63, 3.8) is 0 Å². The van der Waals surface area contributed by atoms with Crippen LogP contribution in [0.1, 0.15) is 40.5 Å². The number of rotatable bonds is 6. The molecule has 1 amide bonds. The number of nitrogens with two attached hydrogens (primary N) is 1. The van der Waals surface area contributed by atoms with Crippen LogP contribution in [0.15, 0.2) is 0 Å². The normalized spacial score (nSPS) is 17.0. The molecule has 1 fully saturated rings. The zero-order chi connectivity index (χ0) is 14.5. The van der Waals surface area contributed by atoms with E-state index in [0.717, 1.165) is 39.1 Å². The quantitative estimate of drug-likeness (QED) is 0.768. The van der Waals surface area contributed by atoms with E-state index in [4.69, 9.17) is 10.5 Å². The molecule has 0 radical (unpaired) electrons. The molecule has 128 valence electrons. The van der Waals surface area contributed by atoms with E-state index >= 15 is 0 Å². The number of amides is 1. The summed E-state index contributed by atoms with van der Waals surface area (Å²) in [6, 6.07) is 0.262. The van der Waals surface area contributed by atoms with E-state index in [1.54, 1.807) is 13.8 Å². The topological polar surface area (TPSA) is 67.6 Å². The van der Waals surface area contributed by atoms with Gasteiger partial charge in [-0.2, -0.15) is 0 Å². The Kier molecular flexibility index (Phi) is 11.7. The van der Waals surface area contributed by atoms with Crippen molar-refractivity contribution in [3.8, 4) is 0 Å². The Morgan fingerprint density at radius 1 is 1.33 bits per heavy atom. The molecule has 0 aromatic carbocycles. The maximum Gasteiger partial charge on any atom is 0.239 e. The smallest absolute Gasteiger partial charge is 0.239 e. The lowest BCUT2D eigenvalue weighted by Gasteiger charge is -2.33. The summed E-state index contributed by atoms with van der Waals surface area (Å²) in [5, 5.41) is 3.03. The predicted molar refractivity (Wildman–Crippen MR) is 91.5 cm³/mol. The van der Waals surface area contributed by atoms with Gasteiger partial charge in [0.25, 0.3) is 0 Å². The zero-order valence-electron chi connectivity index (χ0n) is 13.6. The lowest BCUT2D eigenvalue weighted by atomic mass is 10.0. The van der Waals surface area contributed by atoms with Crippen LogP contribution in [-0.4, -0.2) is 54.7 Å². The van der Waals surface area contributed by atoms with Gasteiger partial charge in [-0.15, -0.1) is 24.8 Å². The molecule has 0 unspecified atom stereocenters. The Morgan fingerprint density at radius 3 is 2.29 bits per heavy atom. The molecule has 0 aromatic rings. The lowest BCUT2D eigenvalue weighted by molar-refractivity contribution is -0.126. The fourth-order valence-corrected chi connectivity index (χ4v) is 2.09. The molecule has 0 aromatic heterocycles. The van der Waals surface area contributed by atoms with Gasteiger partial charge < -0.3 is 20.7 Å². The van der Waals surface area contributed by atoms with Crippen LogP contribution in [0.4, 0.5) is 0 Å². The molecule has 1 heterocycles. The number of likely N-dealkylation sites (tertiary alicyclic amines) is 1. The molecule has 0 spiro atoms. The van der Waals surface area contributed by atoms with Crippen molar-refractivity contribution in [1.29, 1.82) is 0 Å². The molecule has 7 heteroatoms. The van der Waals surface area contributed by atoms with Crippen LogP contribution in [0.2, 0.25) is 0 Å². The molecular weight excluding hydrogens is 313 g/mol. The third-order valence-corrected chi connectivity index (χ3v) is 3.37. The third-order valence-electron chi connectivity index (χ3n) is 3.37. The molecule has 3 N–H and O–H groups in total. The molecular formula is C14H31Cl2N3O2. The van der Waals surface area contributed by atoms with Crippen molar-refractivity contribution in [2.75, 3.05) is 26.2 Å². The predicted octanol–water partition coefficient (Wildman–Crippen LogP) is 1.57. The van der Waals surface area contributed by atoms with Crippen LogP contribution in [-0.2, 0) is 9.53 Å². The highest BCUT2D eigenvalue weighted by Gasteiger charge is 2.26. The number of piperidine rings is 1. The number of carbonyl (C=O) groups excluding carboxylic acids is 1. The van der Waals surface area contributed by atoms with Gasteiger partial charge in [-0.05, 0) is 40.5 Å². The average molecular weight is 344 g/mol. The van der Waals surface area contributed by atoms with Gasteiger partial charge in [0.1, 0.15) is 0 Å². The Bertz CT molecular complexity index is 288. The highest BCUT2D eigenvalue weighted by atomic mass is 35.5. The lowest BCUT2D eigenvalue weighted by Crippen LogP contribution is -2.54. The second-order valence-corrected chi connectivity index (χ2v) is 6.23. The van der Waals surface area contributed by atoms with Gasteiger partial charge >= 0.3 is 0 Å². The van der Waals surface area contributed by atoms with Gasteiger partial charge in [-0.3, -0.25) is 4.79 Å². The summed E-state index contributed by atoms with van der Waals surface area (Å²) in [7, 11) is 0. The van der Waals surface area contributed by atoms with Crippen molar-refractivity contribution in [2.45, 2.75) is 58.2 Å². The first-order chi connectivity index (χ1) is 8.79. The number of hydrogen-bond acceptors (Lipinski definition) is 4. The van der Waals surface area contributed by atoms with E-state index < -0.39 is 5.54 Å². The van der Waals surface area contributed by atoms with Crippen LogP contribution in [0, 0.1) is 0 Å². The van der Waals surface area contributed by atoms with Gasteiger partial charge in [0.2, 0.25) is 5.91 Å². The van der Waals surface area contributed by atoms with Gasteiger partial charge in [0.15, 0.2) is 0 Å². The minimum Gasteiger partial charge on any atom is -0.377 e. The monoisotopic (exact) mass is 343 g/mol. The Labute approximate surface area is 141 Å². The van der Waals surface area contributed by atoms with Crippen LogP contribution in [0.5, 0.6) is 0 Å². The third kappa shape index (κ3) is 9.53. The summed E-state index contributed by atoms with van der Waals surface area (Å²) in [6.07, 6.45) is 2.27. The summed E-state index contributed by atoms with van der Waals surface area (Å²) < 4.78 is 5.55. The van der Waals surface area contributed by atoms with Gasteiger partial charge in [-0.1, -0.05) is 0 Å². The van der Waals surface area contributed by atoms with Crippen molar-refractivity contribution in [2.24, 2.45) is 5.73 Å². The van der Waals surface area contributed by atoms with Crippen molar-refractivity contribution in [1.82, 2.24) is 10.2 Å².